The third-order valence-electron chi connectivity index (χ3n) is 3.95. The van der Waals surface area contributed by atoms with Gasteiger partial charge in [0.25, 0.3) is 0 Å². The minimum Gasteiger partial charge on any atom is -0.444 e. The smallest absolute Gasteiger partial charge is 0.407 e. The van der Waals surface area contributed by atoms with Gasteiger partial charge in [0.05, 0.1) is 0 Å². The first-order chi connectivity index (χ1) is 10.7. The summed E-state index contributed by atoms with van der Waals surface area (Å²) in [7, 11) is 0. The van der Waals surface area contributed by atoms with E-state index in [1.54, 1.807) is 0 Å². The zero-order valence-corrected chi connectivity index (χ0v) is 16.0. The summed E-state index contributed by atoms with van der Waals surface area (Å²) in [6.07, 6.45) is 3.82. The number of hydrogen-bond donors (Lipinski definition) is 2. The van der Waals surface area contributed by atoms with Crippen LogP contribution in [0.1, 0.15) is 52.0 Å². The van der Waals surface area contributed by atoms with Crippen LogP contribution in [0.3, 0.4) is 0 Å². The van der Waals surface area contributed by atoms with Crippen LogP contribution < -0.4 is 10.6 Å². The number of benzene rings is 1. The van der Waals surface area contributed by atoms with Crippen LogP contribution in [0.5, 0.6) is 0 Å². The van der Waals surface area contributed by atoms with Gasteiger partial charge in [-0.2, -0.15) is 0 Å². The fraction of sp³-hybridized carbons (Fsp3) is 0.611. The number of ether oxygens (including phenoxy) is 1. The van der Waals surface area contributed by atoms with Gasteiger partial charge < -0.3 is 15.4 Å². The molecule has 23 heavy (non-hydrogen) atoms. The number of halogens is 1. The number of rotatable bonds is 3. The van der Waals surface area contributed by atoms with Crippen molar-refractivity contribution in [3.05, 3.63) is 28.2 Å². The van der Waals surface area contributed by atoms with Crippen molar-refractivity contribution in [1.82, 2.24) is 5.32 Å². The molecule has 0 saturated heterocycles. The van der Waals surface area contributed by atoms with Gasteiger partial charge in [-0.3, -0.25) is 0 Å². The first kappa shape index (κ1) is 18.1. The lowest BCUT2D eigenvalue weighted by Crippen LogP contribution is -2.43. The molecule has 1 saturated carbocycles. The summed E-state index contributed by atoms with van der Waals surface area (Å²) in [6, 6.07) is 6.76. The Bertz CT molecular complexity index is 554. The van der Waals surface area contributed by atoms with Crippen molar-refractivity contribution in [1.29, 1.82) is 0 Å². The normalized spacial score (nSPS) is 21.6. The lowest BCUT2D eigenvalue weighted by molar-refractivity contribution is 0.0492. The van der Waals surface area contributed by atoms with E-state index >= 15 is 0 Å². The molecule has 0 heterocycles. The summed E-state index contributed by atoms with van der Waals surface area (Å²) in [5.41, 5.74) is 1.88. The predicted molar refractivity (Wildman–Crippen MR) is 97.9 cm³/mol. The van der Waals surface area contributed by atoms with Crippen molar-refractivity contribution in [2.75, 3.05) is 5.32 Å². The number of nitrogens with one attached hydrogen (secondary N) is 2. The maximum atomic E-state index is 11.9. The fourth-order valence-electron chi connectivity index (χ4n) is 2.91. The number of amides is 1. The highest BCUT2D eigenvalue weighted by Gasteiger charge is 2.25. The summed E-state index contributed by atoms with van der Waals surface area (Å²) >= 11 is 3.64. The number of carbonyl (C=O) groups excluding carboxylic acids is 1. The molecule has 0 aliphatic heterocycles. The summed E-state index contributed by atoms with van der Waals surface area (Å²) in [5, 5.41) is 6.61. The average molecular weight is 383 g/mol. The van der Waals surface area contributed by atoms with E-state index in [1.165, 1.54) is 5.56 Å². The third-order valence-corrected chi connectivity index (χ3v) is 5.00. The second-order valence-electron chi connectivity index (χ2n) is 7.29. The Morgan fingerprint density at radius 3 is 2.65 bits per heavy atom. The molecule has 2 rings (SSSR count). The van der Waals surface area contributed by atoms with E-state index in [4.69, 9.17) is 4.74 Å². The molecule has 0 radical (unpaired) electrons. The molecular formula is C18H27BrN2O2. The van der Waals surface area contributed by atoms with Gasteiger partial charge in [0.2, 0.25) is 0 Å². The van der Waals surface area contributed by atoms with Crippen LogP contribution >= 0.6 is 15.9 Å². The highest BCUT2D eigenvalue weighted by Crippen LogP contribution is 2.29. The van der Waals surface area contributed by atoms with Crippen molar-refractivity contribution in [3.8, 4) is 0 Å². The Morgan fingerprint density at radius 2 is 1.96 bits per heavy atom. The molecule has 2 unspecified atom stereocenters. The Labute approximate surface area is 147 Å². The van der Waals surface area contributed by atoms with Crippen LogP contribution in [0.2, 0.25) is 0 Å². The largest absolute Gasteiger partial charge is 0.444 e. The highest BCUT2D eigenvalue weighted by atomic mass is 79.9. The van der Waals surface area contributed by atoms with E-state index in [-0.39, 0.29) is 12.1 Å². The molecule has 128 valence electrons. The number of carbonyl (C=O) groups is 1. The Balaban J connectivity index is 1.91. The van der Waals surface area contributed by atoms with Crippen LogP contribution in [-0.2, 0) is 4.74 Å². The average Bonchev–Trinajstić information content (AvgIpc) is 2.42. The van der Waals surface area contributed by atoms with Crippen LogP contribution in [0.25, 0.3) is 0 Å². The second kappa shape index (κ2) is 7.56. The molecular weight excluding hydrogens is 356 g/mol. The number of hydrogen-bond acceptors (Lipinski definition) is 3. The topological polar surface area (TPSA) is 50.4 Å². The molecule has 1 fully saturated rings. The minimum absolute atomic E-state index is 0.166. The molecule has 5 heteroatoms. The Kier molecular flexibility index (Phi) is 5.95. The zero-order valence-electron chi connectivity index (χ0n) is 14.4. The SMILES string of the molecule is Cc1cccc(NC2CCCC(NC(=O)OC(C)(C)C)C2)c1Br. The molecule has 4 nitrogen and oxygen atoms in total. The van der Waals surface area contributed by atoms with Gasteiger partial charge in [0.1, 0.15) is 5.60 Å². The van der Waals surface area contributed by atoms with Gasteiger partial charge in [0.15, 0.2) is 0 Å². The van der Waals surface area contributed by atoms with Crippen LogP contribution in [0, 0.1) is 6.92 Å². The molecule has 1 aliphatic rings. The number of anilines is 1. The van der Waals surface area contributed by atoms with Crippen LogP contribution in [0.4, 0.5) is 10.5 Å². The van der Waals surface area contributed by atoms with Crippen molar-refractivity contribution in [3.63, 3.8) is 0 Å². The first-order valence-corrected chi connectivity index (χ1v) is 9.05. The van der Waals surface area contributed by atoms with Crippen molar-refractivity contribution < 1.29 is 9.53 Å². The maximum Gasteiger partial charge on any atom is 0.407 e. The molecule has 1 aliphatic carbocycles. The van der Waals surface area contributed by atoms with Gasteiger partial charge in [-0.05, 0) is 80.9 Å². The quantitative estimate of drug-likeness (QED) is 0.772. The molecule has 0 spiro atoms. The maximum absolute atomic E-state index is 11.9. The van der Waals surface area contributed by atoms with Crippen LogP contribution in [0.15, 0.2) is 22.7 Å². The van der Waals surface area contributed by atoms with Crippen molar-refractivity contribution >= 4 is 27.7 Å². The zero-order chi connectivity index (χ0) is 17.0. The molecule has 2 atom stereocenters. The molecule has 2 N–H and O–H groups in total. The molecule has 1 amide bonds. The molecule has 0 aromatic heterocycles. The van der Waals surface area contributed by atoms with E-state index in [0.717, 1.165) is 35.8 Å². The van der Waals surface area contributed by atoms with Gasteiger partial charge >= 0.3 is 6.09 Å². The number of alkyl carbamates (subject to hydrolysis) is 1. The predicted octanol–water partition coefficient (Wildman–Crippen LogP) is 5.01. The molecule has 1 aromatic rings. The second-order valence-corrected chi connectivity index (χ2v) is 8.08. The standard InChI is InChI=1S/C18H27BrN2O2/c1-12-7-5-10-15(16(12)19)20-13-8-6-9-14(11-13)21-17(22)23-18(2,3)4/h5,7,10,13-14,20H,6,8-9,11H2,1-4H3,(H,21,22). The highest BCUT2D eigenvalue weighted by molar-refractivity contribution is 9.10. The number of aryl methyl sites for hydroxylation is 1. The van der Waals surface area contributed by atoms with E-state index in [1.807, 2.05) is 20.8 Å². The summed E-state index contributed by atoms with van der Waals surface area (Å²) < 4.78 is 6.46. The van der Waals surface area contributed by atoms with Crippen molar-refractivity contribution in [2.24, 2.45) is 0 Å². The summed E-state index contributed by atoms with van der Waals surface area (Å²) in [4.78, 5) is 11.9. The summed E-state index contributed by atoms with van der Waals surface area (Å²) in [5.74, 6) is 0. The van der Waals surface area contributed by atoms with Crippen LogP contribution in [-0.4, -0.2) is 23.8 Å². The van der Waals surface area contributed by atoms with E-state index in [9.17, 15) is 4.79 Å². The Morgan fingerprint density at radius 1 is 1.26 bits per heavy atom. The third kappa shape index (κ3) is 5.72. The Hall–Kier alpha value is -1.23. The monoisotopic (exact) mass is 382 g/mol. The fourth-order valence-corrected chi connectivity index (χ4v) is 3.28. The van der Waals surface area contributed by atoms with Crippen molar-refractivity contribution in [2.45, 2.75) is 71.1 Å². The van der Waals surface area contributed by atoms with E-state index in [2.05, 4.69) is 51.7 Å². The van der Waals surface area contributed by atoms with Gasteiger partial charge in [-0.15, -0.1) is 0 Å². The summed E-state index contributed by atoms with van der Waals surface area (Å²) in [6.45, 7) is 7.73. The minimum atomic E-state index is -0.456. The first-order valence-electron chi connectivity index (χ1n) is 8.26. The van der Waals surface area contributed by atoms with Gasteiger partial charge in [-0.25, -0.2) is 4.79 Å². The lowest BCUT2D eigenvalue weighted by Gasteiger charge is -2.32. The lowest BCUT2D eigenvalue weighted by atomic mass is 9.91. The van der Waals surface area contributed by atoms with E-state index < -0.39 is 5.60 Å². The van der Waals surface area contributed by atoms with Gasteiger partial charge in [-0.1, -0.05) is 12.1 Å². The van der Waals surface area contributed by atoms with E-state index in [0.29, 0.717) is 6.04 Å². The molecule has 1 aromatic carbocycles. The molecule has 0 bridgehead atoms. The van der Waals surface area contributed by atoms with Gasteiger partial charge in [0, 0.05) is 22.2 Å².